The van der Waals surface area contributed by atoms with Gasteiger partial charge in [0.1, 0.15) is 0 Å². The van der Waals surface area contributed by atoms with Crippen LogP contribution in [0.1, 0.15) is 5.89 Å². The summed E-state index contributed by atoms with van der Waals surface area (Å²) in [5, 5.41) is 14.3. The molecule has 3 aromatic heterocycles. The Balaban J connectivity index is 1.45. The van der Waals surface area contributed by atoms with Crippen molar-refractivity contribution in [2.75, 3.05) is 0 Å². The molecule has 1 N–H and O–H groups in total. The second kappa shape index (κ2) is 6.76. The predicted molar refractivity (Wildman–Crippen MR) is 94.0 cm³/mol. The molecule has 6 nitrogen and oxygen atoms in total. The van der Waals surface area contributed by atoms with E-state index in [-0.39, 0.29) is 0 Å². The molecule has 24 heavy (non-hydrogen) atoms. The van der Waals surface area contributed by atoms with Gasteiger partial charge in [-0.15, -0.1) is 16.4 Å². The van der Waals surface area contributed by atoms with E-state index in [0.717, 1.165) is 16.3 Å². The Labute approximate surface area is 150 Å². The SMILES string of the molecule is Clc1ccccc1-c1noc(CSc2n[nH]c(-c3cccs3)n2)n1. The smallest absolute Gasteiger partial charge is 0.237 e. The molecule has 0 fully saturated rings. The maximum Gasteiger partial charge on any atom is 0.237 e. The number of H-pyrrole nitrogens is 1. The molecule has 3 heterocycles. The van der Waals surface area contributed by atoms with Gasteiger partial charge in [-0.05, 0) is 23.6 Å². The molecular weight excluding hydrogens is 366 g/mol. The minimum absolute atomic E-state index is 0.477. The second-order valence-corrected chi connectivity index (χ2v) is 7.02. The number of benzene rings is 1. The first kappa shape index (κ1) is 15.4. The average molecular weight is 376 g/mol. The van der Waals surface area contributed by atoms with E-state index in [0.29, 0.717) is 27.6 Å². The maximum absolute atomic E-state index is 6.14. The minimum Gasteiger partial charge on any atom is -0.338 e. The normalized spacial score (nSPS) is 11.0. The fraction of sp³-hybridized carbons (Fsp3) is 0.0667. The van der Waals surface area contributed by atoms with Crippen LogP contribution in [-0.2, 0) is 5.75 Å². The standard InChI is InChI=1S/C15H10ClN5OS2/c16-10-5-2-1-4-9(10)13-17-12(22-21-13)8-24-15-18-14(19-20-15)11-6-3-7-23-11/h1-7H,8H2,(H,18,19,20). The number of halogens is 1. The largest absolute Gasteiger partial charge is 0.338 e. The van der Waals surface area contributed by atoms with E-state index in [2.05, 4.69) is 25.3 Å². The van der Waals surface area contributed by atoms with Crippen LogP contribution in [0, 0.1) is 0 Å². The van der Waals surface area contributed by atoms with Crippen LogP contribution in [0.15, 0.2) is 51.5 Å². The maximum atomic E-state index is 6.14. The summed E-state index contributed by atoms with van der Waals surface area (Å²) in [4.78, 5) is 9.86. The summed E-state index contributed by atoms with van der Waals surface area (Å²) >= 11 is 9.18. The van der Waals surface area contributed by atoms with Gasteiger partial charge in [-0.25, -0.2) is 4.98 Å². The van der Waals surface area contributed by atoms with Crippen molar-refractivity contribution in [1.29, 1.82) is 0 Å². The fourth-order valence-electron chi connectivity index (χ4n) is 2.03. The van der Waals surface area contributed by atoms with Crippen LogP contribution in [-0.4, -0.2) is 25.3 Å². The van der Waals surface area contributed by atoms with Crippen molar-refractivity contribution in [3.8, 4) is 22.1 Å². The van der Waals surface area contributed by atoms with Crippen LogP contribution in [0.25, 0.3) is 22.1 Å². The molecule has 0 unspecified atom stereocenters. The summed E-state index contributed by atoms with van der Waals surface area (Å²) in [7, 11) is 0. The Morgan fingerprint density at radius 3 is 2.92 bits per heavy atom. The lowest BCUT2D eigenvalue weighted by Gasteiger charge is -1.95. The molecule has 4 rings (SSSR count). The van der Waals surface area contributed by atoms with Crippen LogP contribution < -0.4 is 0 Å². The third-order valence-corrected chi connectivity index (χ3v) is 5.17. The number of thioether (sulfide) groups is 1. The number of nitrogens with one attached hydrogen (secondary N) is 1. The zero-order valence-electron chi connectivity index (χ0n) is 12.1. The summed E-state index contributed by atoms with van der Waals surface area (Å²) in [5.74, 6) is 2.22. The first-order chi connectivity index (χ1) is 11.8. The molecule has 4 aromatic rings. The van der Waals surface area contributed by atoms with Gasteiger partial charge in [0, 0.05) is 5.56 Å². The number of hydrogen-bond acceptors (Lipinski definition) is 7. The van der Waals surface area contributed by atoms with E-state index in [1.54, 1.807) is 17.4 Å². The number of thiophene rings is 1. The highest BCUT2D eigenvalue weighted by atomic mass is 35.5. The van der Waals surface area contributed by atoms with E-state index in [4.69, 9.17) is 16.1 Å². The van der Waals surface area contributed by atoms with E-state index < -0.39 is 0 Å². The summed E-state index contributed by atoms with van der Waals surface area (Å²) in [6.07, 6.45) is 0. The Kier molecular flexibility index (Phi) is 4.33. The zero-order chi connectivity index (χ0) is 16.4. The molecule has 0 saturated carbocycles. The molecule has 1 aromatic carbocycles. The molecule has 9 heteroatoms. The summed E-state index contributed by atoms with van der Waals surface area (Å²) in [6.45, 7) is 0. The van der Waals surface area contributed by atoms with E-state index in [1.165, 1.54) is 11.8 Å². The number of rotatable bonds is 5. The van der Waals surface area contributed by atoms with Crippen LogP contribution in [0.4, 0.5) is 0 Å². The van der Waals surface area contributed by atoms with E-state index >= 15 is 0 Å². The van der Waals surface area contributed by atoms with Gasteiger partial charge < -0.3 is 4.52 Å². The van der Waals surface area contributed by atoms with Crippen molar-refractivity contribution >= 4 is 34.7 Å². The number of aromatic nitrogens is 5. The molecule has 0 aliphatic heterocycles. The summed E-state index contributed by atoms with van der Waals surface area (Å²) in [5.41, 5.74) is 0.747. The molecule has 0 radical (unpaired) electrons. The van der Waals surface area contributed by atoms with Crippen molar-refractivity contribution in [2.24, 2.45) is 0 Å². The van der Waals surface area contributed by atoms with Crippen molar-refractivity contribution in [3.63, 3.8) is 0 Å². The van der Waals surface area contributed by atoms with Crippen molar-refractivity contribution in [2.45, 2.75) is 10.9 Å². The van der Waals surface area contributed by atoms with Gasteiger partial charge in [-0.3, -0.25) is 5.10 Å². The molecule has 0 saturated heterocycles. The molecular formula is C15H10ClN5OS2. The lowest BCUT2D eigenvalue weighted by atomic mass is 10.2. The van der Waals surface area contributed by atoms with Gasteiger partial charge in [0.05, 0.1) is 15.7 Å². The number of aromatic amines is 1. The number of nitrogens with zero attached hydrogens (tertiary/aromatic N) is 4. The van der Waals surface area contributed by atoms with Crippen molar-refractivity contribution in [3.05, 3.63) is 52.7 Å². The highest BCUT2D eigenvalue weighted by Crippen LogP contribution is 2.27. The molecule has 0 amide bonds. The lowest BCUT2D eigenvalue weighted by molar-refractivity contribution is 0.391. The summed E-state index contributed by atoms with van der Waals surface area (Å²) in [6, 6.07) is 11.4. The lowest BCUT2D eigenvalue weighted by Crippen LogP contribution is -1.84. The fourth-order valence-corrected chi connectivity index (χ4v) is 3.55. The van der Waals surface area contributed by atoms with E-state index in [1.807, 2.05) is 35.7 Å². The minimum atomic E-state index is 0.477. The molecule has 0 aliphatic carbocycles. The molecule has 120 valence electrons. The monoisotopic (exact) mass is 375 g/mol. The highest BCUT2D eigenvalue weighted by molar-refractivity contribution is 7.98. The van der Waals surface area contributed by atoms with Crippen LogP contribution in [0.2, 0.25) is 5.02 Å². The molecule has 0 bridgehead atoms. The van der Waals surface area contributed by atoms with Crippen LogP contribution >= 0.6 is 34.7 Å². The van der Waals surface area contributed by atoms with Crippen LogP contribution in [0.5, 0.6) is 0 Å². The molecule has 0 aliphatic rings. The van der Waals surface area contributed by atoms with Crippen molar-refractivity contribution < 1.29 is 4.52 Å². The van der Waals surface area contributed by atoms with Gasteiger partial charge in [0.25, 0.3) is 0 Å². The first-order valence-electron chi connectivity index (χ1n) is 6.96. The van der Waals surface area contributed by atoms with Gasteiger partial charge in [-0.2, -0.15) is 4.98 Å². The Morgan fingerprint density at radius 2 is 2.08 bits per heavy atom. The van der Waals surface area contributed by atoms with Gasteiger partial charge in [-0.1, -0.05) is 46.7 Å². The Hall–Kier alpha value is -2.16. The molecule has 0 atom stereocenters. The predicted octanol–water partition coefficient (Wildman–Crippen LogP) is 4.53. The summed E-state index contributed by atoms with van der Waals surface area (Å²) < 4.78 is 5.27. The third kappa shape index (κ3) is 3.21. The third-order valence-electron chi connectivity index (χ3n) is 3.13. The average Bonchev–Trinajstić information content (AvgIpc) is 3.34. The van der Waals surface area contributed by atoms with Gasteiger partial charge in [0.2, 0.25) is 16.9 Å². The zero-order valence-corrected chi connectivity index (χ0v) is 14.5. The van der Waals surface area contributed by atoms with Gasteiger partial charge >= 0.3 is 0 Å². The molecule has 0 spiro atoms. The highest BCUT2D eigenvalue weighted by Gasteiger charge is 2.13. The Bertz CT molecular complexity index is 950. The Morgan fingerprint density at radius 1 is 1.17 bits per heavy atom. The quantitative estimate of drug-likeness (QED) is 0.516. The first-order valence-corrected chi connectivity index (χ1v) is 9.20. The van der Waals surface area contributed by atoms with E-state index in [9.17, 15) is 0 Å². The van der Waals surface area contributed by atoms with Crippen molar-refractivity contribution in [1.82, 2.24) is 25.3 Å². The second-order valence-electron chi connectivity index (χ2n) is 4.72. The van der Waals surface area contributed by atoms with Gasteiger partial charge in [0.15, 0.2) is 5.82 Å². The number of hydrogen-bond donors (Lipinski definition) is 1. The topological polar surface area (TPSA) is 80.5 Å². The van der Waals surface area contributed by atoms with Crippen LogP contribution in [0.3, 0.4) is 0 Å².